The molecule has 1 rings (SSSR count). The second-order valence-corrected chi connectivity index (χ2v) is 5.48. The fourth-order valence-corrected chi connectivity index (χ4v) is 2.41. The van der Waals surface area contributed by atoms with Gasteiger partial charge in [0, 0.05) is 39.7 Å². The first-order valence-electron chi connectivity index (χ1n) is 6.86. The van der Waals surface area contributed by atoms with E-state index in [0.717, 1.165) is 32.5 Å². The molecule has 1 heterocycles. The second kappa shape index (κ2) is 8.45. The minimum Gasteiger partial charge on any atom is -0.393 e. The molecule has 19 heavy (non-hydrogen) atoms. The van der Waals surface area contributed by atoms with Crippen LogP contribution in [0.2, 0.25) is 0 Å². The first-order chi connectivity index (χ1) is 9.06. The van der Waals surface area contributed by atoms with E-state index in [0.29, 0.717) is 24.6 Å². The van der Waals surface area contributed by atoms with E-state index < -0.39 is 0 Å². The van der Waals surface area contributed by atoms with Crippen LogP contribution in [0.15, 0.2) is 0 Å². The molecule has 1 fully saturated rings. The molecule has 0 radical (unpaired) electrons. The number of carbonyl (C=O) groups is 1. The summed E-state index contributed by atoms with van der Waals surface area (Å²) >= 11 is 4.91. The molecular formula is C13H25N3O2S. The molecule has 6 heteroatoms. The molecule has 0 aliphatic carbocycles. The first kappa shape index (κ1) is 16.3. The first-order valence-corrected chi connectivity index (χ1v) is 7.27. The standard InChI is InChI=1S/C13H25N3O2S/c1-11(13(17)16-6-3-4-7-16)15(9-10-18-2)8-5-12(14)19/h11H,3-10H2,1-2H3,(H2,14,19). The number of ether oxygens (including phenoxy) is 1. The number of hydrogen-bond donors (Lipinski definition) is 1. The molecule has 110 valence electrons. The minimum absolute atomic E-state index is 0.136. The molecule has 0 saturated carbocycles. The summed E-state index contributed by atoms with van der Waals surface area (Å²) in [5.74, 6) is 0.205. The third-order valence-electron chi connectivity index (χ3n) is 3.55. The number of hydrogen-bond acceptors (Lipinski definition) is 4. The molecule has 0 aromatic carbocycles. The molecule has 0 aromatic heterocycles. The number of likely N-dealkylation sites (tertiary alicyclic amines) is 1. The van der Waals surface area contributed by atoms with Gasteiger partial charge in [-0.05, 0) is 19.8 Å². The zero-order chi connectivity index (χ0) is 14.3. The van der Waals surface area contributed by atoms with Crippen molar-refractivity contribution in [3.05, 3.63) is 0 Å². The third-order valence-corrected chi connectivity index (χ3v) is 3.76. The topological polar surface area (TPSA) is 58.8 Å². The summed E-state index contributed by atoms with van der Waals surface area (Å²) in [6.45, 7) is 5.76. The van der Waals surface area contributed by atoms with Gasteiger partial charge in [0.05, 0.1) is 17.6 Å². The summed E-state index contributed by atoms with van der Waals surface area (Å²) in [6.07, 6.45) is 2.86. The molecule has 1 amide bonds. The Hall–Kier alpha value is -0.720. The molecule has 1 unspecified atom stereocenters. The zero-order valence-corrected chi connectivity index (χ0v) is 12.7. The Morgan fingerprint density at radius 3 is 2.58 bits per heavy atom. The Kier molecular flexibility index (Phi) is 7.27. The second-order valence-electron chi connectivity index (χ2n) is 4.95. The van der Waals surface area contributed by atoms with Crippen LogP contribution in [0, 0.1) is 0 Å². The number of carbonyl (C=O) groups excluding carboxylic acids is 1. The number of nitrogens with zero attached hydrogens (tertiary/aromatic N) is 2. The van der Waals surface area contributed by atoms with Crippen LogP contribution in [-0.4, -0.2) is 66.6 Å². The summed E-state index contributed by atoms with van der Waals surface area (Å²) in [6, 6.07) is -0.136. The highest BCUT2D eigenvalue weighted by Gasteiger charge is 2.27. The van der Waals surface area contributed by atoms with Gasteiger partial charge in [0.25, 0.3) is 0 Å². The van der Waals surface area contributed by atoms with E-state index in [2.05, 4.69) is 4.90 Å². The highest BCUT2D eigenvalue weighted by Crippen LogP contribution is 2.12. The van der Waals surface area contributed by atoms with Crippen molar-refractivity contribution in [1.29, 1.82) is 0 Å². The van der Waals surface area contributed by atoms with Gasteiger partial charge in [-0.15, -0.1) is 0 Å². The van der Waals surface area contributed by atoms with Crippen molar-refractivity contribution in [2.75, 3.05) is 39.9 Å². The Balaban J connectivity index is 2.54. The normalized spacial score (nSPS) is 16.9. The number of amides is 1. The van der Waals surface area contributed by atoms with Crippen LogP contribution in [0.3, 0.4) is 0 Å². The van der Waals surface area contributed by atoms with E-state index in [1.54, 1.807) is 7.11 Å². The summed E-state index contributed by atoms with van der Waals surface area (Å²) in [5, 5.41) is 0. The lowest BCUT2D eigenvalue weighted by Gasteiger charge is -2.30. The molecular weight excluding hydrogens is 262 g/mol. The van der Waals surface area contributed by atoms with E-state index in [1.807, 2.05) is 11.8 Å². The highest BCUT2D eigenvalue weighted by atomic mass is 32.1. The van der Waals surface area contributed by atoms with Crippen LogP contribution in [0.5, 0.6) is 0 Å². The van der Waals surface area contributed by atoms with Gasteiger partial charge in [0.15, 0.2) is 0 Å². The molecule has 0 bridgehead atoms. The van der Waals surface area contributed by atoms with Crippen molar-refractivity contribution < 1.29 is 9.53 Å². The van der Waals surface area contributed by atoms with Gasteiger partial charge in [-0.2, -0.15) is 0 Å². The number of methoxy groups -OCH3 is 1. The van der Waals surface area contributed by atoms with Crippen LogP contribution >= 0.6 is 12.2 Å². The van der Waals surface area contributed by atoms with Crippen molar-refractivity contribution in [3.63, 3.8) is 0 Å². The van der Waals surface area contributed by atoms with E-state index in [1.165, 1.54) is 0 Å². The largest absolute Gasteiger partial charge is 0.393 e. The average molecular weight is 287 g/mol. The molecule has 1 atom stereocenters. The van der Waals surface area contributed by atoms with E-state index in [9.17, 15) is 4.79 Å². The van der Waals surface area contributed by atoms with Gasteiger partial charge >= 0.3 is 0 Å². The maximum Gasteiger partial charge on any atom is 0.239 e. The van der Waals surface area contributed by atoms with Crippen LogP contribution in [0.25, 0.3) is 0 Å². The van der Waals surface area contributed by atoms with Crippen molar-refractivity contribution >= 4 is 23.1 Å². The molecule has 1 saturated heterocycles. The maximum atomic E-state index is 12.4. The van der Waals surface area contributed by atoms with Gasteiger partial charge in [-0.3, -0.25) is 9.69 Å². The number of thiocarbonyl (C=S) groups is 1. The summed E-state index contributed by atoms with van der Waals surface area (Å²) < 4.78 is 5.10. The molecule has 0 aromatic rings. The van der Waals surface area contributed by atoms with Crippen LogP contribution in [0.4, 0.5) is 0 Å². The lowest BCUT2D eigenvalue weighted by Crippen LogP contribution is -2.48. The molecule has 1 aliphatic heterocycles. The summed E-state index contributed by atoms with van der Waals surface area (Å²) in [4.78, 5) is 16.9. The lowest BCUT2D eigenvalue weighted by molar-refractivity contribution is -0.135. The minimum atomic E-state index is -0.136. The predicted molar refractivity (Wildman–Crippen MR) is 80.1 cm³/mol. The Morgan fingerprint density at radius 1 is 1.42 bits per heavy atom. The Bertz CT molecular complexity index is 306. The molecule has 1 aliphatic rings. The quantitative estimate of drug-likeness (QED) is 0.663. The zero-order valence-electron chi connectivity index (χ0n) is 11.9. The highest BCUT2D eigenvalue weighted by molar-refractivity contribution is 7.80. The number of rotatable bonds is 8. The van der Waals surface area contributed by atoms with E-state index in [4.69, 9.17) is 22.7 Å². The summed E-state index contributed by atoms with van der Waals surface area (Å²) in [5.41, 5.74) is 5.55. The maximum absolute atomic E-state index is 12.4. The van der Waals surface area contributed by atoms with Crippen LogP contribution in [0.1, 0.15) is 26.2 Å². The smallest absolute Gasteiger partial charge is 0.239 e. The SMILES string of the molecule is COCCN(CCC(N)=S)C(C)C(=O)N1CCCC1. The third kappa shape index (κ3) is 5.42. The van der Waals surface area contributed by atoms with Gasteiger partial charge < -0.3 is 15.4 Å². The molecule has 2 N–H and O–H groups in total. The van der Waals surface area contributed by atoms with Crippen molar-refractivity contribution in [1.82, 2.24) is 9.80 Å². The fourth-order valence-electron chi connectivity index (χ4n) is 2.32. The van der Waals surface area contributed by atoms with Gasteiger partial charge in [0.2, 0.25) is 5.91 Å². The average Bonchev–Trinajstić information content (AvgIpc) is 2.91. The molecule has 5 nitrogen and oxygen atoms in total. The van der Waals surface area contributed by atoms with Crippen molar-refractivity contribution in [3.8, 4) is 0 Å². The van der Waals surface area contributed by atoms with Gasteiger partial charge in [0.1, 0.15) is 0 Å². The van der Waals surface area contributed by atoms with Crippen molar-refractivity contribution in [2.24, 2.45) is 5.73 Å². The number of nitrogens with two attached hydrogens (primary N) is 1. The Labute approximate surface area is 121 Å². The van der Waals surface area contributed by atoms with Crippen LogP contribution in [-0.2, 0) is 9.53 Å². The van der Waals surface area contributed by atoms with Crippen LogP contribution < -0.4 is 5.73 Å². The van der Waals surface area contributed by atoms with Crippen molar-refractivity contribution in [2.45, 2.75) is 32.2 Å². The fraction of sp³-hybridized carbons (Fsp3) is 0.846. The summed E-state index contributed by atoms with van der Waals surface area (Å²) in [7, 11) is 1.67. The predicted octanol–water partition coefficient (Wildman–Crippen LogP) is 0.622. The van der Waals surface area contributed by atoms with E-state index >= 15 is 0 Å². The van der Waals surface area contributed by atoms with Gasteiger partial charge in [-0.1, -0.05) is 12.2 Å². The van der Waals surface area contributed by atoms with Gasteiger partial charge in [-0.25, -0.2) is 0 Å². The monoisotopic (exact) mass is 287 g/mol. The Morgan fingerprint density at radius 2 is 2.05 bits per heavy atom. The lowest BCUT2D eigenvalue weighted by atomic mass is 10.2. The van der Waals surface area contributed by atoms with E-state index in [-0.39, 0.29) is 11.9 Å². The molecule has 0 spiro atoms.